The number of hydrogen-bond acceptors (Lipinski definition) is 9. The van der Waals surface area contributed by atoms with E-state index in [-0.39, 0.29) is 23.5 Å². The van der Waals surface area contributed by atoms with Crippen molar-refractivity contribution in [2.24, 2.45) is 5.92 Å². The number of benzene rings is 2. The molecular formula is C32H41N5O9. The largest absolute Gasteiger partial charge is 0.465 e. The molecule has 46 heavy (non-hydrogen) atoms. The van der Waals surface area contributed by atoms with Crippen LogP contribution in [0.25, 0.3) is 0 Å². The first kappa shape index (κ1) is 35.7. The molecule has 1 aliphatic carbocycles. The Bertz CT molecular complexity index is 1340. The van der Waals surface area contributed by atoms with E-state index in [2.05, 4.69) is 31.3 Å². The van der Waals surface area contributed by atoms with Crippen molar-refractivity contribution in [3.63, 3.8) is 0 Å². The Labute approximate surface area is 266 Å². The Balaban J connectivity index is 1.62. The predicted molar refractivity (Wildman–Crippen MR) is 165 cm³/mol. The van der Waals surface area contributed by atoms with Gasteiger partial charge in [-0.25, -0.2) is 4.79 Å². The van der Waals surface area contributed by atoms with E-state index in [1.165, 1.54) is 31.4 Å². The highest BCUT2D eigenvalue weighted by Gasteiger charge is 2.32. The van der Waals surface area contributed by atoms with Crippen molar-refractivity contribution in [1.29, 1.82) is 0 Å². The number of aliphatic hydroxyl groups excluding tert-OH is 2. The second kappa shape index (κ2) is 18.2. The molecule has 0 saturated heterocycles. The Morgan fingerprint density at radius 1 is 0.761 bits per heavy atom. The smallest absolute Gasteiger partial charge is 0.337 e. The van der Waals surface area contributed by atoms with Crippen molar-refractivity contribution in [3.8, 4) is 0 Å². The lowest BCUT2D eigenvalue weighted by Crippen LogP contribution is -2.55. The predicted octanol–water partition coefficient (Wildman–Crippen LogP) is -0.809. The van der Waals surface area contributed by atoms with E-state index < -0.39 is 79.9 Å². The van der Waals surface area contributed by atoms with E-state index in [0.717, 1.165) is 18.4 Å². The molecule has 0 bridgehead atoms. The van der Waals surface area contributed by atoms with Gasteiger partial charge in [0.05, 0.1) is 45.0 Å². The van der Waals surface area contributed by atoms with Crippen LogP contribution in [-0.2, 0) is 30.3 Å². The summed E-state index contributed by atoms with van der Waals surface area (Å²) in [6.07, 6.45) is 3.27. The third kappa shape index (κ3) is 11.0. The van der Waals surface area contributed by atoms with Gasteiger partial charge in [0, 0.05) is 12.0 Å². The van der Waals surface area contributed by atoms with Crippen molar-refractivity contribution in [2.45, 2.75) is 50.2 Å². The second-order valence-corrected chi connectivity index (χ2v) is 10.9. The van der Waals surface area contributed by atoms with Crippen LogP contribution in [0.4, 0.5) is 0 Å². The topological polar surface area (TPSA) is 212 Å². The Morgan fingerprint density at radius 3 is 1.91 bits per heavy atom. The summed E-state index contributed by atoms with van der Waals surface area (Å²) in [6.45, 7) is -1.83. The molecule has 1 aliphatic rings. The highest BCUT2D eigenvalue weighted by atomic mass is 16.5. The Morgan fingerprint density at radius 2 is 1.33 bits per heavy atom. The van der Waals surface area contributed by atoms with E-state index in [4.69, 9.17) is 10.2 Å². The van der Waals surface area contributed by atoms with Crippen molar-refractivity contribution < 1.29 is 43.7 Å². The second-order valence-electron chi connectivity index (χ2n) is 10.9. The molecule has 1 saturated carbocycles. The fraction of sp³-hybridized carbons (Fsp3) is 0.438. The summed E-state index contributed by atoms with van der Waals surface area (Å²) in [5.41, 5.74) is 1.23. The van der Waals surface area contributed by atoms with Gasteiger partial charge >= 0.3 is 5.97 Å². The first-order valence-corrected chi connectivity index (χ1v) is 15.0. The quantitative estimate of drug-likeness (QED) is 0.114. The summed E-state index contributed by atoms with van der Waals surface area (Å²) in [7, 11) is 1.25. The maximum atomic E-state index is 13.3. The molecule has 14 nitrogen and oxygen atoms in total. The first-order chi connectivity index (χ1) is 22.1. The lowest BCUT2D eigenvalue weighted by atomic mass is 9.97. The monoisotopic (exact) mass is 639 g/mol. The van der Waals surface area contributed by atoms with Gasteiger partial charge in [-0.2, -0.15) is 0 Å². The molecule has 2 aromatic rings. The summed E-state index contributed by atoms with van der Waals surface area (Å²) in [4.78, 5) is 76.1. The zero-order valence-electron chi connectivity index (χ0n) is 25.6. The zero-order valence-corrected chi connectivity index (χ0v) is 25.6. The molecule has 1 unspecified atom stereocenters. The van der Waals surface area contributed by atoms with Crippen LogP contribution >= 0.6 is 0 Å². The molecule has 5 amide bonds. The SMILES string of the molecule is COC(=O)c1ccc(C(=O)N[C@@H](Cc2ccccc2)C(=O)NCC(=O)NC(C(=O)NCC(=O)NC(CO)CO)C2CCCC2)cc1. The molecule has 7 N–H and O–H groups in total. The number of hydrogen-bond donors (Lipinski definition) is 7. The Kier molecular flexibility index (Phi) is 14.1. The number of ether oxygens (including phenoxy) is 1. The summed E-state index contributed by atoms with van der Waals surface area (Å²) in [5, 5.41) is 31.0. The van der Waals surface area contributed by atoms with Crippen LogP contribution in [0, 0.1) is 5.92 Å². The van der Waals surface area contributed by atoms with Crippen LogP contribution in [0.2, 0.25) is 0 Å². The maximum absolute atomic E-state index is 13.3. The van der Waals surface area contributed by atoms with Crippen LogP contribution in [0.3, 0.4) is 0 Å². The van der Waals surface area contributed by atoms with Crippen LogP contribution in [0.1, 0.15) is 52.0 Å². The fourth-order valence-electron chi connectivity index (χ4n) is 5.08. The summed E-state index contributed by atoms with van der Waals surface area (Å²) in [5.74, 6) is -3.73. The van der Waals surface area contributed by atoms with Gasteiger partial charge in [0.15, 0.2) is 0 Å². The number of carbonyl (C=O) groups is 6. The van der Waals surface area contributed by atoms with Crippen LogP contribution in [0.15, 0.2) is 54.6 Å². The molecule has 248 valence electrons. The zero-order chi connectivity index (χ0) is 33.5. The number of carbonyl (C=O) groups excluding carboxylic acids is 6. The number of rotatable bonds is 16. The summed E-state index contributed by atoms with van der Waals surface area (Å²) < 4.78 is 4.67. The molecular weight excluding hydrogens is 598 g/mol. The van der Waals surface area contributed by atoms with Gasteiger partial charge in [0.1, 0.15) is 12.1 Å². The normalized spacial score (nSPS) is 14.1. The van der Waals surface area contributed by atoms with Crippen molar-refractivity contribution in [3.05, 3.63) is 71.3 Å². The number of esters is 1. The lowest BCUT2D eigenvalue weighted by molar-refractivity contribution is -0.132. The Hall–Kier alpha value is -4.82. The lowest BCUT2D eigenvalue weighted by Gasteiger charge is -2.24. The first-order valence-electron chi connectivity index (χ1n) is 15.0. The fourth-order valence-corrected chi connectivity index (χ4v) is 5.08. The van der Waals surface area contributed by atoms with E-state index >= 15 is 0 Å². The van der Waals surface area contributed by atoms with Crippen LogP contribution in [0.5, 0.6) is 0 Å². The summed E-state index contributed by atoms with van der Waals surface area (Å²) in [6, 6.07) is 11.9. The summed E-state index contributed by atoms with van der Waals surface area (Å²) >= 11 is 0. The highest BCUT2D eigenvalue weighted by molar-refractivity contribution is 5.99. The maximum Gasteiger partial charge on any atom is 0.337 e. The van der Waals surface area contributed by atoms with Gasteiger partial charge in [-0.3, -0.25) is 24.0 Å². The minimum Gasteiger partial charge on any atom is -0.465 e. The van der Waals surface area contributed by atoms with Gasteiger partial charge in [-0.1, -0.05) is 43.2 Å². The van der Waals surface area contributed by atoms with E-state index in [1.807, 2.05) is 6.07 Å². The van der Waals surface area contributed by atoms with Gasteiger partial charge in [-0.15, -0.1) is 0 Å². The molecule has 1 fully saturated rings. The van der Waals surface area contributed by atoms with Crippen LogP contribution < -0.4 is 26.6 Å². The molecule has 0 aromatic heterocycles. The molecule has 0 heterocycles. The van der Waals surface area contributed by atoms with E-state index in [9.17, 15) is 28.8 Å². The number of amides is 5. The molecule has 14 heteroatoms. The van der Waals surface area contributed by atoms with Gasteiger partial charge in [0.25, 0.3) is 5.91 Å². The molecule has 3 rings (SSSR count). The van der Waals surface area contributed by atoms with E-state index in [1.54, 1.807) is 24.3 Å². The van der Waals surface area contributed by atoms with Gasteiger partial charge in [0.2, 0.25) is 23.6 Å². The number of aliphatic hydroxyl groups is 2. The average molecular weight is 640 g/mol. The molecule has 2 atom stereocenters. The minimum absolute atomic E-state index is 0.128. The molecule has 0 spiro atoms. The van der Waals surface area contributed by atoms with Crippen LogP contribution in [-0.4, -0.2) is 97.3 Å². The van der Waals surface area contributed by atoms with E-state index in [0.29, 0.717) is 12.8 Å². The standard InChI is InChI=1S/C32H41N5O9/c1-46-32(45)23-13-11-22(12-14-23)29(42)36-25(15-20-7-3-2-4-8-20)30(43)33-17-27(41)37-28(21-9-5-6-10-21)31(44)34-16-26(40)35-24(18-38)19-39/h2-4,7-8,11-14,21,24-25,28,38-39H,5-6,9-10,15-19H2,1H3,(H,33,43)(H,34,44)(H,35,40)(H,36,42)(H,37,41)/t25-,28?/m0/s1. The van der Waals surface area contributed by atoms with Crippen molar-refractivity contribution >= 4 is 35.5 Å². The van der Waals surface area contributed by atoms with Gasteiger partial charge in [-0.05, 0) is 48.6 Å². The third-order valence-corrected chi connectivity index (χ3v) is 7.60. The van der Waals surface area contributed by atoms with Crippen molar-refractivity contribution in [2.75, 3.05) is 33.4 Å². The number of methoxy groups -OCH3 is 1. The number of nitrogens with one attached hydrogen (secondary N) is 5. The molecule has 0 aliphatic heterocycles. The van der Waals surface area contributed by atoms with Gasteiger partial charge < -0.3 is 41.5 Å². The minimum atomic E-state index is -1.06. The average Bonchev–Trinajstić information content (AvgIpc) is 3.62. The third-order valence-electron chi connectivity index (χ3n) is 7.60. The highest BCUT2D eigenvalue weighted by Crippen LogP contribution is 2.28. The molecule has 0 radical (unpaired) electrons. The van der Waals surface area contributed by atoms with Crippen molar-refractivity contribution in [1.82, 2.24) is 26.6 Å². The molecule has 2 aromatic carbocycles.